The molecule has 1 aromatic heterocycles. The molecule has 2 rings (SSSR count). The molecule has 1 aromatic rings. The first kappa shape index (κ1) is 13.1. The molecule has 1 aliphatic heterocycles. The highest BCUT2D eigenvalue weighted by atomic mass is 32.1. The number of nitrogens with zero attached hydrogens (tertiary/aromatic N) is 1. The molecule has 1 fully saturated rings. The van der Waals surface area contributed by atoms with Gasteiger partial charge in [0.25, 0.3) is 0 Å². The van der Waals surface area contributed by atoms with Gasteiger partial charge in [-0.3, -0.25) is 9.59 Å². The molecule has 0 aliphatic carbocycles. The van der Waals surface area contributed by atoms with E-state index in [0.29, 0.717) is 25.8 Å². The molecule has 0 radical (unpaired) electrons. The number of carbonyl (C=O) groups is 2. The van der Waals surface area contributed by atoms with Crippen LogP contribution in [-0.2, 0) is 9.59 Å². The molecule has 1 N–H and O–H groups in total. The van der Waals surface area contributed by atoms with Gasteiger partial charge in [0.1, 0.15) is 0 Å². The molecule has 0 aromatic carbocycles. The van der Waals surface area contributed by atoms with Crippen molar-refractivity contribution in [2.45, 2.75) is 32.2 Å². The fourth-order valence-corrected chi connectivity index (χ4v) is 3.49. The predicted octanol–water partition coefficient (Wildman–Crippen LogP) is 2.52. The summed E-state index contributed by atoms with van der Waals surface area (Å²) in [4.78, 5) is 26.2. The van der Waals surface area contributed by atoms with Crippen LogP contribution in [0.5, 0.6) is 0 Å². The third-order valence-corrected chi connectivity index (χ3v) is 4.38. The van der Waals surface area contributed by atoms with Gasteiger partial charge in [-0.25, -0.2) is 0 Å². The summed E-state index contributed by atoms with van der Waals surface area (Å²) in [6, 6.07) is 3.52. The van der Waals surface area contributed by atoms with Crippen molar-refractivity contribution in [1.29, 1.82) is 0 Å². The van der Waals surface area contributed by atoms with Gasteiger partial charge in [0.15, 0.2) is 0 Å². The Hall–Kier alpha value is -1.36. The zero-order valence-electron chi connectivity index (χ0n) is 10.3. The van der Waals surface area contributed by atoms with Gasteiger partial charge in [-0.05, 0) is 31.2 Å². The fourth-order valence-electron chi connectivity index (χ4n) is 2.59. The fraction of sp³-hybridized carbons (Fsp3) is 0.538. The monoisotopic (exact) mass is 267 g/mol. The van der Waals surface area contributed by atoms with E-state index in [4.69, 9.17) is 0 Å². The van der Waals surface area contributed by atoms with Gasteiger partial charge in [0, 0.05) is 17.8 Å². The molecule has 0 bridgehead atoms. The highest BCUT2D eigenvalue weighted by molar-refractivity contribution is 7.10. The number of likely N-dealkylation sites (tertiary alicyclic amines) is 1. The van der Waals surface area contributed by atoms with Crippen LogP contribution in [0.2, 0.25) is 0 Å². The third kappa shape index (κ3) is 2.41. The van der Waals surface area contributed by atoms with Gasteiger partial charge in [0.2, 0.25) is 5.91 Å². The largest absolute Gasteiger partial charge is 0.481 e. The van der Waals surface area contributed by atoms with Crippen molar-refractivity contribution in [3.8, 4) is 0 Å². The van der Waals surface area contributed by atoms with E-state index < -0.39 is 11.9 Å². The van der Waals surface area contributed by atoms with E-state index in [0.717, 1.165) is 4.88 Å². The maximum Gasteiger partial charge on any atom is 0.308 e. The van der Waals surface area contributed by atoms with Crippen LogP contribution in [0.25, 0.3) is 0 Å². The molecule has 5 heteroatoms. The second-order valence-electron chi connectivity index (χ2n) is 4.48. The van der Waals surface area contributed by atoms with Crippen molar-refractivity contribution in [1.82, 2.24) is 4.90 Å². The number of amides is 1. The lowest BCUT2D eigenvalue weighted by molar-refractivity contribution is -0.145. The Morgan fingerprint density at radius 1 is 1.61 bits per heavy atom. The molecular weight excluding hydrogens is 250 g/mol. The Morgan fingerprint density at radius 3 is 2.94 bits per heavy atom. The smallest absolute Gasteiger partial charge is 0.308 e. The van der Waals surface area contributed by atoms with E-state index in [1.807, 2.05) is 24.4 Å². The molecule has 2 atom stereocenters. The number of rotatable bonds is 3. The summed E-state index contributed by atoms with van der Waals surface area (Å²) >= 11 is 1.52. The number of thiophene rings is 1. The normalized spacial score (nSPS) is 24.9. The minimum Gasteiger partial charge on any atom is -0.481 e. The first-order valence-corrected chi connectivity index (χ1v) is 7.08. The van der Waals surface area contributed by atoms with E-state index in [1.54, 1.807) is 4.90 Å². The van der Waals surface area contributed by atoms with E-state index in [9.17, 15) is 14.7 Å². The average molecular weight is 267 g/mol. The molecule has 4 nitrogen and oxygen atoms in total. The van der Waals surface area contributed by atoms with E-state index in [1.165, 1.54) is 11.3 Å². The molecule has 1 saturated heterocycles. The number of carbonyl (C=O) groups excluding carboxylic acids is 1. The van der Waals surface area contributed by atoms with Crippen LogP contribution in [0.3, 0.4) is 0 Å². The Labute approximate surface area is 110 Å². The predicted molar refractivity (Wildman–Crippen MR) is 69.4 cm³/mol. The minimum absolute atomic E-state index is 0.0691. The van der Waals surface area contributed by atoms with Crippen LogP contribution in [0.15, 0.2) is 17.5 Å². The maximum atomic E-state index is 12.1. The van der Waals surface area contributed by atoms with Crippen LogP contribution in [0.1, 0.15) is 37.1 Å². The molecule has 18 heavy (non-hydrogen) atoms. The first-order valence-electron chi connectivity index (χ1n) is 6.20. The molecule has 0 saturated carbocycles. The van der Waals surface area contributed by atoms with Gasteiger partial charge >= 0.3 is 5.97 Å². The van der Waals surface area contributed by atoms with Crippen molar-refractivity contribution < 1.29 is 14.7 Å². The summed E-state index contributed by atoms with van der Waals surface area (Å²) in [6.07, 6.45) is 1.69. The third-order valence-electron chi connectivity index (χ3n) is 3.44. The first-order chi connectivity index (χ1) is 8.65. The number of carboxylic acid groups (broad SMARTS) is 1. The van der Waals surface area contributed by atoms with Crippen molar-refractivity contribution in [3.05, 3.63) is 22.4 Å². The number of hydrogen-bond donors (Lipinski definition) is 1. The second kappa shape index (κ2) is 5.52. The Morgan fingerprint density at radius 2 is 2.39 bits per heavy atom. The summed E-state index contributed by atoms with van der Waals surface area (Å²) in [6.45, 7) is 2.47. The van der Waals surface area contributed by atoms with Crippen LogP contribution >= 0.6 is 11.3 Å². The van der Waals surface area contributed by atoms with Crippen molar-refractivity contribution in [2.24, 2.45) is 5.92 Å². The lowest BCUT2D eigenvalue weighted by atomic mass is 9.93. The molecule has 2 heterocycles. The van der Waals surface area contributed by atoms with E-state index >= 15 is 0 Å². The number of carboxylic acids is 1. The molecule has 2 unspecified atom stereocenters. The van der Waals surface area contributed by atoms with Crippen LogP contribution in [0.4, 0.5) is 0 Å². The lowest BCUT2D eigenvalue weighted by Gasteiger charge is -2.31. The highest BCUT2D eigenvalue weighted by Gasteiger charge is 2.38. The average Bonchev–Trinajstić information content (AvgIpc) is 2.79. The summed E-state index contributed by atoms with van der Waals surface area (Å²) in [5.41, 5.74) is 0. The quantitative estimate of drug-likeness (QED) is 0.915. The van der Waals surface area contributed by atoms with E-state index in [-0.39, 0.29) is 11.9 Å². The summed E-state index contributed by atoms with van der Waals surface area (Å²) < 4.78 is 0. The van der Waals surface area contributed by atoms with Crippen LogP contribution < -0.4 is 0 Å². The standard InChI is InChI=1S/C13H17NO3S/c1-2-14-11(15)7-3-5-9(13(16)17)12(14)10-6-4-8-18-10/h4,6,8-9,12H,2-3,5,7H2,1H3,(H,16,17). The molecule has 98 valence electrons. The van der Waals surface area contributed by atoms with Crippen molar-refractivity contribution >= 4 is 23.2 Å². The molecule has 1 amide bonds. The molecule has 0 spiro atoms. The molecular formula is C13H17NO3S. The van der Waals surface area contributed by atoms with Crippen LogP contribution in [-0.4, -0.2) is 28.4 Å². The second-order valence-corrected chi connectivity index (χ2v) is 5.46. The Kier molecular flexibility index (Phi) is 4.01. The zero-order valence-corrected chi connectivity index (χ0v) is 11.2. The lowest BCUT2D eigenvalue weighted by Crippen LogP contribution is -2.38. The Balaban J connectivity index is 2.40. The number of hydrogen-bond acceptors (Lipinski definition) is 3. The van der Waals surface area contributed by atoms with Crippen LogP contribution in [0, 0.1) is 5.92 Å². The van der Waals surface area contributed by atoms with Gasteiger partial charge in [-0.1, -0.05) is 6.07 Å². The van der Waals surface area contributed by atoms with Gasteiger partial charge in [0.05, 0.1) is 12.0 Å². The minimum atomic E-state index is -0.804. The summed E-state index contributed by atoms with van der Waals surface area (Å²) in [5.74, 6) is -1.23. The molecule has 1 aliphatic rings. The maximum absolute atomic E-state index is 12.1. The van der Waals surface area contributed by atoms with Crippen molar-refractivity contribution in [3.63, 3.8) is 0 Å². The summed E-state index contributed by atoms with van der Waals surface area (Å²) in [7, 11) is 0. The van der Waals surface area contributed by atoms with Gasteiger partial charge in [-0.15, -0.1) is 11.3 Å². The van der Waals surface area contributed by atoms with Gasteiger partial charge < -0.3 is 10.0 Å². The highest BCUT2D eigenvalue weighted by Crippen LogP contribution is 2.37. The van der Waals surface area contributed by atoms with Gasteiger partial charge in [-0.2, -0.15) is 0 Å². The summed E-state index contributed by atoms with van der Waals surface area (Å²) in [5, 5.41) is 11.3. The Bertz CT molecular complexity index is 427. The van der Waals surface area contributed by atoms with E-state index in [2.05, 4.69) is 0 Å². The number of aliphatic carboxylic acids is 1. The zero-order chi connectivity index (χ0) is 13.1. The SMILES string of the molecule is CCN1C(=O)CCCC(C(=O)O)C1c1cccs1. The topological polar surface area (TPSA) is 57.6 Å². The van der Waals surface area contributed by atoms with Crippen molar-refractivity contribution in [2.75, 3.05) is 6.54 Å².